The summed E-state index contributed by atoms with van der Waals surface area (Å²) >= 11 is 0. The quantitative estimate of drug-likeness (QED) is 0.807. The first-order chi connectivity index (χ1) is 11.9. The van der Waals surface area contributed by atoms with Gasteiger partial charge >= 0.3 is 5.97 Å². The van der Waals surface area contributed by atoms with Crippen molar-refractivity contribution in [1.82, 2.24) is 5.32 Å². The van der Waals surface area contributed by atoms with Gasteiger partial charge in [0.05, 0.1) is 18.7 Å². The first-order valence-electron chi connectivity index (χ1n) is 7.85. The maximum absolute atomic E-state index is 13.7. The van der Waals surface area contributed by atoms with Crippen LogP contribution >= 0.6 is 0 Å². The van der Waals surface area contributed by atoms with Crippen LogP contribution in [0, 0.1) is 5.82 Å². The topological polar surface area (TPSA) is 75.6 Å². The van der Waals surface area contributed by atoms with E-state index in [1.165, 1.54) is 31.4 Å². The van der Waals surface area contributed by atoms with E-state index in [4.69, 9.17) is 9.84 Å². The van der Waals surface area contributed by atoms with Crippen molar-refractivity contribution in [2.24, 2.45) is 0 Å². The van der Waals surface area contributed by atoms with Crippen molar-refractivity contribution in [1.29, 1.82) is 0 Å². The van der Waals surface area contributed by atoms with E-state index in [9.17, 15) is 14.0 Å². The number of carbonyl (C=O) groups is 2. The molecule has 132 valence electrons. The Labute approximate surface area is 145 Å². The van der Waals surface area contributed by atoms with Crippen LogP contribution in [0.1, 0.15) is 40.9 Å². The fraction of sp³-hybridized carbons (Fsp3) is 0.263. The van der Waals surface area contributed by atoms with Gasteiger partial charge in [-0.25, -0.2) is 9.18 Å². The number of amides is 1. The first kappa shape index (κ1) is 18.4. The van der Waals surface area contributed by atoms with Gasteiger partial charge in [-0.1, -0.05) is 18.2 Å². The van der Waals surface area contributed by atoms with Crippen molar-refractivity contribution in [2.45, 2.75) is 25.8 Å². The van der Waals surface area contributed by atoms with Gasteiger partial charge in [-0.2, -0.15) is 0 Å². The highest BCUT2D eigenvalue weighted by atomic mass is 19.1. The highest BCUT2D eigenvalue weighted by Gasteiger charge is 2.12. The van der Waals surface area contributed by atoms with E-state index < -0.39 is 11.8 Å². The third kappa shape index (κ3) is 5.04. The van der Waals surface area contributed by atoms with E-state index in [1.54, 1.807) is 25.1 Å². The van der Waals surface area contributed by atoms with Crippen LogP contribution in [0.4, 0.5) is 4.39 Å². The van der Waals surface area contributed by atoms with Crippen molar-refractivity contribution in [3.05, 3.63) is 65.0 Å². The Bertz CT molecular complexity index is 759. The molecule has 0 aliphatic rings. The number of aryl methyl sites for hydroxylation is 1. The van der Waals surface area contributed by atoms with Gasteiger partial charge in [0.1, 0.15) is 0 Å². The summed E-state index contributed by atoms with van der Waals surface area (Å²) in [4.78, 5) is 22.9. The van der Waals surface area contributed by atoms with Gasteiger partial charge in [0.25, 0.3) is 0 Å². The SMILES string of the molecule is COc1ccc(C(C)NC(=O)CCc2ccc(C(=O)O)cc2)cc1F. The molecule has 2 rings (SSSR count). The zero-order valence-corrected chi connectivity index (χ0v) is 14.1. The number of methoxy groups -OCH3 is 1. The molecule has 6 heteroatoms. The highest BCUT2D eigenvalue weighted by molar-refractivity contribution is 5.87. The van der Waals surface area contributed by atoms with E-state index >= 15 is 0 Å². The van der Waals surface area contributed by atoms with E-state index in [0.717, 1.165) is 5.56 Å². The van der Waals surface area contributed by atoms with Gasteiger partial charge in [0.2, 0.25) is 5.91 Å². The summed E-state index contributed by atoms with van der Waals surface area (Å²) in [6, 6.07) is 10.7. The molecule has 0 fully saturated rings. The number of rotatable bonds is 7. The number of hydrogen-bond donors (Lipinski definition) is 2. The lowest BCUT2D eigenvalue weighted by molar-refractivity contribution is -0.121. The smallest absolute Gasteiger partial charge is 0.335 e. The monoisotopic (exact) mass is 345 g/mol. The summed E-state index contributed by atoms with van der Waals surface area (Å²) in [5, 5.41) is 11.7. The molecule has 5 nitrogen and oxygen atoms in total. The van der Waals surface area contributed by atoms with Gasteiger partial charge < -0.3 is 15.2 Å². The number of halogens is 1. The molecule has 0 saturated carbocycles. The van der Waals surface area contributed by atoms with Crippen LogP contribution in [-0.2, 0) is 11.2 Å². The van der Waals surface area contributed by atoms with Crippen molar-refractivity contribution in [3.8, 4) is 5.75 Å². The number of aromatic carboxylic acids is 1. The molecule has 0 bridgehead atoms. The number of benzene rings is 2. The zero-order chi connectivity index (χ0) is 18.4. The molecule has 0 radical (unpaired) electrons. The molecule has 0 aliphatic carbocycles. The minimum atomic E-state index is -0.982. The van der Waals surface area contributed by atoms with Crippen molar-refractivity contribution in [3.63, 3.8) is 0 Å². The lowest BCUT2D eigenvalue weighted by Gasteiger charge is -2.15. The second-order valence-corrected chi connectivity index (χ2v) is 5.69. The molecule has 0 aromatic heterocycles. The Morgan fingerprint density at radius 1 is 1.20 bits per heavy atom. The molecule has 1 atom stereocenters. The number of carboxylic acid groups (broad SMARTS) is 1. The molecule has 0 saturated heterocycles. The molecular formula is C19H20FNO4. The number of nitrogens with one attached hydrogen (secondary N) is 1. The highest BCUT2D eigenvalue weighted by Crippen LogP contribution is 2.21. The lowest BCUT2D eigenvalue weighted by atomic mass is 10.1. The largest absolute Gasteiger partial charge is 0.494 e. The van der Waals surface area contributed by atoms with Gasteiger partial charge in [0, 0.05) is 6.42 Å². The normalized spacial score (nSPS) is 11.6. The number of carbonyl (C=O) groups excluding carboxylic acids is 1. The molecule has 2 N–H and O–H groups in total. The summed E-state index contributed by atoms with van der Waals surface area (Å²) in [7, 11) is 1.40. The molecule has 2 aromatic rings. The molecular weight excluding hydrogens is 325 g/mol. The van der Waals surface area contributed by atoms with Crippen molar-refractivity contribution >= 4 is 11.9 Å². The second-order valence-electron chi connectivity index (χ2n) is 5.69. The minimum Gasteiger partial charge on any atom is -0.494 e. The first-order valence-corrected chi connectivity index (χ1v) is 7.85. The molecule has 0 aliphatic heterocycles. The van der Waals surface area contributed by atoms with E-state index in [1.807, 2.05) is 0 Å². The van der Waals surface area contributed by atoms with E-state index in [0.29, 0.717) is 12.0 Å². The summed E-state index contributed by atoms with van der Waals surface area (Å²) in [6.07, 6.45) is 0.755. The van der Waals surface area contributed by atoms with E-state index in [2.05, 4.69) is 5.32 Å². The predicted molar refractivity (Wildman–Crippen MR) is 91.2 cm³/mol. The minimum absolute atomic E-state index is 0.159. The molecule has 1 amide bonds. The maximum Gasteiger partial charge on any atom is 0.335 e. The summed E-state index contributed by atoms with van der Waals surface area (Å²) in [6.45, 7) is 1.78. The average Bonchev–Trinajstić information content (AvgIpc) is 2.60. The van der Waals surface area contributed by atoms with Gasteiger partial charge in [-0.05, 0) is 48.7 Å². The number of hydrogen-bond acceptors (Lipinski definition) is 3. The Morgan fingerprint density at radius 3 is 2.44 bits per heavy atom. The van der Waals surface area contributed by atoms with Crippen LogP contribution in [0.2, 0.25) is 0 Å². The summed E-state index contributed by atoms with van der Waals surface area (Å²) < 4.78 is 18.6. The van der Waals surface area contributed by atoms with Gasteiger partial charge in [0.15, 0.2) is 11.6 Å². The van der Waals surface area contributed by atoms with Crippen molar-refractivity contribution in [2.75, 3.05) is 7.11 Å². The van der Waals surface area contributed by atoms with Crippen LogP contribution in [0.5, 0.6) is 5.75 Å². The van der Waals surface area contributed by atoms with Gasteiger partial charge in [-0.15, -0.1) is 0 Å². The van der Waals surface area contributed by atoms with Gasteiger partial charge in [-0.3, -0.25) is 4.79 Å². The molecule has 0 heterocycles. The van der Waals surface area contributed by atoms with Crippen molar-refractivity contribution < 1.29 is 23.8 Å². The Hall–Kier alpha value is -2.89. The summed E-state index contributed by atoms with van der Waals surface area (Å²) in [5.74, 6) is -1.46. The average molecular weight is 345 g/mol. The van der Waals surface area contributed by atoms with Crippen LogP contribution in [-0.4, -0.2) is 24.1 Å². The Kier molecular flexibility index (Phi) is 6.11. The fourth-order valence-electron chi connectivity index (χ4n) is 2.42. The zero-order valence-electron chi connectivity index (χ0n) is 14.1. The number of ether oxygens (including phenoxy) is 1. The third-order valence-electron chi connectivity index (χ3n) is 3.89. The third-order valence-corrected chi connectivity index (χ3v) is 3.89. The maximum atomic E-state index is 13.7. The number of carboxylic acids is 1. The Morgan fingerprint density at radius 2 is 1.88 bits per heavy atom. The standard InChI is InChI=1S/C19H20FNO4/c1-12(15-8-9-17(25-2)16(20)11-15)21-18(22)10-5-13-3-6-14(7-4-13)19(23)24/h3-4,6-9,11-12H,5,10H2,1-2H3,(H,21,22)(H,23,24). The summed E-state index contributed by atoms with van der Waals surface area (Å²) in [5.41, 5.74) is 1.74. The molecule has 2 aromatic carbocycles. The molecule has 25 heavy (non-hydrogen) atoms. The van der Waals surface area contributed by atoms with Crippen LogP contribution in [0.15, 0.2) is 42.5 Å². The molecule has 0 spiro atoms. The second kappa shape index (κ2) is 8.28. The Balaban J connectivity index is 1.89. The fourth-order valence-corrected chi connectivity index (χ4v) is 2.42. The lowest BCUT2D eigenvalue weighted by Crippen LogP contribution is -2.26. The molecule has 1 unspecified atom stereocenters. The van der Waals surface area contributed by atoms with Crippen LogP contribution in [0.25, 0.3) is 0 Å². The van der Waals surface area contributed by atoms with Crippen LogP contribution in [0.3, 0.4) is 0 Å². The predicted octanol–water partition coefficient (Wildman–Crippen LogP) is 3.34. The van der Waals surface area contributed by atoms with Crippen LogP contribution < -0.4 is 10.1 Å². The van der Waals surface area contributed by atoms with E-state index in [-0.39, 0.29) is 29.7 Å².